The molecular formula is C17H25N2O2+. The Labute approximate surface area is 126 Å². The first-order valence-corrected chi connectivity index (χ1v) is 7.39. The summed E-state index contributed by atoms with van der Waals surface area (Å²) in [6.45, 7) is 8.88. The summed E-state index contributed by atoms with van der Waals surface area (Å²) in [7, 11) is 2.22. The van der Waals surface area contributed by atoms with Crippen LogP contribution in [-0.4, -0.2) is 29.8 Å². The monoisotopic (exact) mass is 289 g/mol. The molecule has 0 spiro atoms. The van der Waals surface area contributed by atoms with Crippen LogP contribution >= 0.6 is 0 Å². The lowest BCUT2D eigenvalue weighted by atomic mass is 9.79. The molecule has 1 aromatic carbocycles. The molecule has 114 valence electrons. The van der Waals surface area contributed by atoms with Crippen LogP contribution < -0.4 is 4.90 Å². The molecule has 0 bridgehead atoms. The van der Waals surface area contributed by atoms with Crippen molar-refractivity contribution in [2.75, 3.05) is 7.05 Å². The summed E-state index contributed by atoms with van der Waals surface area (Å²) in [6, 6.07) is 8.96. The predicted molar refractivity (Wildman–Crippen MR) is 83.6 cm³/mol. The maximum atomic E-state index is 11.9. The summed E-state index contributed by atoms with van der Waals surface area (Å²) >= 11 is 0. The Bertz CT molecular complexity index is 527. The second-order valence-corrected chi connectivity index (χ2v) is 7.15. The van der Waals surface area contributed by atoms with Crippen molar-refractivity contribution < 1.29 is 14.5 Å². The Morgan fingerprint density at radius 2 is 1.62 bits per heavy atom. The first-order chi connectivity index (χ1) is 9.72. The van der Waals surface area contributed by atoms with Gasteiger partial charge in [0.25, 0.3) is 0 Å². The molecule has 21 heavy (non-hydrogen) atoms. The van der Waals surface area contributed by atoms with Gasteiger partial charge < -0.3 is 9.74 Å². The molecule has 0 saturated carbocycles. The molecule has 4 heteroatoms. The zero-order valence-corrected chi connectivity index (χ0v) is 13.6. The van der Waals surface area contributed by atoms with Gasteiger partial charge in [0, 0.05) is 12.8 Å². The Kier molecular flexibility index (Phi) is 4.19. The van der Waals surface area contributed by atoms with Gasteiger partial charge in [0.1, 0.15) is 0 Å². The Morgan fingerprint density at radius 3 is 2.14 bits per heavy atom. The van der Waals surface area contributed by atoms with Gasteiger partial charge in [-0.3, -0.25) is 0 Å². The van der Waals surface area contributed by atoms with E-state index in [9.17, 15) is 4.79 Å². The van der Waals surface area contributed by atoms with Crippen LogP contribution in [0.25, 0.3) is 0 Å². The summed E-state index contributed by atoms with van der Waals surface area (Å²) in [6.07, 6.45) is 1.68. The lowest BCUT2D eigenvalue weighted by molar-refractivity contribution is -0.977. The minimum Gasteiger partial charge on any atom is -0.328 e. The van der Waals surface area contributed by atoms with Gasteiger partial charge in [-0.1, -0.05) is 23.4 Å². The average Bonchev–Trinajstić information content (AvgIpc) is 2.42. The van der Waals surface area contributed by atoms with Crippen LogP contribution in [0.3, 0.4) is 0 Å². The standard InChI is InChI=1S/C17H24N2O2/c1-16(2)11-14(12-17(3,4)19(16)5)18-21-15(20)13-9-7-6-8-10-13/h6-10H,11-12H2,1-5H3/p+1. The molecule has 1 aliphatic rings. The van der Waals surface area contributed by atoms with Crippen LogP contribution in [0.4, 0.5) is 0 Å². The topological polar surface area (TPSA) is 43.1 Å². The number of likely N-dealkylation sites (tertiary alicyclic amines) is 1. The van der Waals surface area contributed by atoms with E-state index in [1.807, 2.05) is 18.2 Å². The number of carbonyl (C=O) groups is 1. The molecular weight excluding hydrogens is 264 g/mol. The van der Waals surface area contributed by atoms with Crippen molar-refractivity contribution in [3.63, 3.8) is 0 Å². The molecule has 0 atom stereocenters. The van der Waals surface area contributed by atoms with E-state index in [0.717, 1.165) is 18.6 Å². The van der Waals surface area contributed by atoms with Crippen LogP contribution in [0.5, 0.6) is 0 Å². The largest absolute Gasteiger partial charge is 0.365 e. The van der Waals surface area contributed by atoms with E-state index in [0.29, 0.717) is 5.56 Å². The maximum absolute atomic E-state index is 11.9. The van der Waals surface area contributed by atoms with Crippen molar-refractivity contribution in [3.8, 4) is 0 Å². The first kappa shape index (κ1) is 15.7. The number of hydrogen-bond donors (Lipinski definition) is 1. The molecule has 1 saturated heterocycles. The zero-order chi connectivity index (χ0) is 15.7. The molecule has 1 aromatic rings. The van der Waals surface area contributed by atoms with E-state index in [4.69, 9.17) is 4.84 Å². The molecule has 2 rings (SSSR count). The number of quaternary nitrogens is 1. The molecule has 0 aliphatic carbocycles. The van der Waals surface area contributed by atoms with Gasteiger partial charge in [-0.2, -0.15) is 0 Å². The number of rotatable bonds is 2. The van der Waals surface area contributed by atoms with Crippen LogP contribution in [0, 0.1) is 0 Å². The summed E-state index contributed by atoms with van der Waals surface area (Å²) in [5, 5.41) is 4.14. The number of piperidine rings is 1. The van der Waals surface area contributed by atoms with Gasteiger partial charge in [0.2, 0.25) is 0 Å². The number of oxime groups is 1. The summed E-state index contributed by atoms with van der Waals surface area (Å²) in [5.74, 6) is -0.398. The third-order valence-corrected chi connectivity index (χ3v) is 4.59. The maximum Gasteiger partial charge on any atom is 0.365 e. The normalized spacial score (nSPS) is 23.5. The van der Waals surface area contributed by atoms with Crippen molar-refractivity contribution in [2.45, 2.75) is 51.6 Å². The van der Waals surface area contributed by atoms with Crippen molar-refractivity contribution >= 4 is 11.7 Å². The second-order valence-electron chi connectivity index (χ2n) is 7.15. The van der Waals surface area contributed by atoms with Crippen LogP contribution in [-0.2, 0) is 4.84 Å². The minimum absolute atomic E-state index is 0.0831. The summed E-state index contributed by atoms with van der Waals surface area (Å²) in [5.41, 5.74) is 1.65. The van der Waals surface area contributed by atoms with Crippen molar-refractivity contribution in [1.82, 2.24) is 0 Å². The van der Waals surface area contributed by atoms with Gasteiger partial charge in [0.15, 0.2) is 0 Å². The van der Waals surface area contributed by atoms with Gasteiger partial charge in [0.05, 0.1) is 29.4 Å². The van der Waals surface area contributed by atoms with Crippen LogP contribution in [0.2, 0.25) is 0 Å². The average molecular weight is 289 g/mol. The SMILES string of the molecule is C[NH+]1C(C)(C)CC(=NOC(=O)c2ccccc2)CC1(C)C. The molecule has 1 N–H and O–H groups in total. The third-order valence-electron chi connectivity index (χ3n) is 4.59. The van der Waals surface area contributed by atoms with Crippen molar-refractivity contribution in [3.05, 3.63) is 35.9 Å². The molecule has 4 nitrogen and oxygen atoms in total. The highest BCUT2D eigenvalue weighted by Crippen LogP contribution is 2.21. The van der Waals surface area contributed by atoms with E-state index in [1.165, 1.54) is 4.90 Å². The van der Waals surface area contributed by atoms with Gasteiger partial charge in [-0.25, -0.2) is 4.79 Å². The molecule has 0 radical (unpaired) electrons. The molecule has 1 aliphatic heterocycles. The van der Waals surface area contributed by atoms with Gasteiger partial charge in [-0.05, 0) is 39.8 Å². The zero-order valence-electron chi connectivity index (χ0n) is 13.6. The quantitative estimate of drug-likeness (QED) is 0.669. The third kappa shape index (κ3) is 3.50. The lowest BCUT2D eigenvalue weighted by Crippen LogP contribution is -3.24. The fourth-order valence-electron chi connectivity index (χ4n) is 3.06. The number of benzene rings is 1. The highest BCUT2D eigenvalue weighted by molar-refractivity contribution is 5.91. The lowest BCUT2D eigenvalue weighted by Gasteiger charge is -2.47. The summed E-state index contributed by atoms with van der Waals surface area (Å²) < 4.78 is 0. The van der Waals surface area contributed by atoms with Crippen molar-refractivity contribution in [1.29, 1.82) is 0 Å². The first-order valence-electron chi connectivity index (χ1n) is 7.39. The number of nitrogens with one attached hydrogen (secondary N) is 1. The smallest absolute Gasteiger partial charge is 0.328 e. The number of nitrogens with zero attached hydrogens (tertiary/aromatic N) is 1. The van der Waals surface area contributed by atoms with Gasteiger partial charge >= 0.3 is 5.97 Å². The highest BCUT2D eigenvalue weighted by Gasteiger charge is 2.45. The van der Waals surface area contributed by atoms with E-state index in [1.54, 1.807) is 12.1 Å². The Balaban J connectivity index is 2.10. The minimum atomic E-state index is -0.398. The highest BCUT2D eigenvalue weighted by atomic mass is 16.7. The molecule has 1 heterocycles. The van der Waals surface area contributed by atoms with Crippen molar-refractivity contribution in [2.24, 2.45) is 5.16 Å². The van der Waals surface area contributed by atoms with E-state index in [2.05, 4.69) is 39.9 Å². The number of carbonyl (C=O) groups excluding carboxylic acids is 1. The van der Waals surface area contributed by atoms with E-state index < -0.39 is 5.97 Å². The summed E-state index contributed by atoms with van der Waals surface area (Å²) in [4.78, 5) is 18.5. The second kappa shape index (κ2) is 5.60. The fraction of sp³-hybridized carbons (Fsp3) is 0.529. The van der Waals surface area contributed by atoms with Gasteiger partial charge in [-0.15, -0.1) is 0 Å². The molecule has 0 amide bonds. The Morgan fingerprint density at radius 1 is 1.10 bits per heavy atom. The van der Waals surface area contributed by atoms with Crippen LogP contribution in [0.1, 0.15) is 50.9 Å². The molecule has 1 fully saturated rings. The molecule has 0 unspecified atom stereocenters. The van der Waals surface area contributed by atoms with E-state index >= 15 is 0 Å². The van der Waals surface area contributed by atoms with E-state index in [-0.39, 0.29) is 11.1 Å². The van der Waals surface area contributed by atoms with Crippen LogP contribution in [0.15, 0.2) is 35.5 Å². The number of hydrogen-bond acceptors (Lipinski definition) is 3. The fourth-order valence-corrected chi connectivity index (χ4v) is 3.06. The Hall–Kier alpha value is -1.68. The molecule has 0 aromatic heterocycles. The predicted octanol–water partition coefficient (Wildman–Crippen LogP) is 2.07.